The van der Waals surface area contributed by atoms with Gasteiger partial charge in [0, 0.05) is 45.6 Å². The number of hydrogen-bond donors (Lipinski definition) is 2. The van der Waals surface area contributed by atoms with Crippen molar-refractivity contribution in [1.82, 2.24) is 0 Å². The van der Waals surface area contributed by atoms with Crippen LogP contribution in [0.2, 0.25) is 72.5 Å². The van der Waals surface area contributed by atoms with Crippen molar-refractivity contribution in [3.63, 3.8) is 0 Å². The van der Waals surface area contributed by atoms with Crippen LogP contribution in [0, 0.1) is 11.8 Å². The predicted molar refractivity (Wildman–Crippen MR) is 347 cm³/mol. The Morgan fingerprint density at radius 3 is 1.87 bits per heavy atom. The van der Waals surface area contributed by atoms with Gasteiger partial charge in [0.25, 0.3) is 0 Å². The van der Waals surface area contributed by atoms with Crippen molar-refractivity contribution in [3.05, 3.63) is 36.5 Å². The van der Waals surface area contributed by atoms with E-state index in [1.54, 1.807) is 7.11 Å². The monoisotopic (exact) mass is 1250 g/mol. The molecule has 2 N–H and O–H groups in total. The fraction of sp³-hybridized carbons (Fsp3) is 0.879. The van der Waals surface area contributed by atoms with Gasteiger partial charge in [0.2, 0.25) is 0 Å². The average Bonchev–Trinajstić information content (AvgIpc) is 3.90. The molecule has 0 spiro atoms. The van der Waals surface area contributed by atoms with E-state index in [4.69, 9.17) is 46.1 Å². The lowest BCUT2D eigenvalue weighted by Crippen LogP contribution is -2.67. The summed E-state index contributed by atoms with van der Waals surface area (Å²) >= 11 is 0. The summed E-state index contributed by atoms with van der Waals surface area (Å²) in [4.78, 5) is 28.1. The molecule has 0 aromatic carbocycles. The number of ether oxygens (including phenoxy) is 6. The second kappa shape index (κ2) is 29.0. The van der Waals surface area contributed by atoms with E-state index >= 15 is 0 Å². The van der Waals surface area contributed by atoms with Gasteiger partial charge in [-0.2, -0.15) is 0 Å². The van der Waals surface area contributed by atoms with Crippen LogP contribution < -0.4 is 0 Å². The van der Waals surface area contributed by atoms with Gasteiger partial charge in [-0.15, -0.1) is 0 Å². The van der Waals surface area contributed by atoms with Gasteiger partial charge in [-0.25, -0.2) is 0 Å². The lowest BCUT2D eigenvalue weighted by molar-refractivity contribution is -0.269. The Kier molecular flexibility index (Phi) is 25.3. The van der Waals surface area contributed by atoms with Gasteiger partial charge >= 0.3 is 5.97 Å². The van der Waals surface area contributed by atoms with Crippen LogP contribution in [-0.4, -0.2) is 161 Å². The molecule has 0 aliphatic carbocycles. The summed E-state index contributed by atoms with van der Waals surface area (Å²) in [6.07, 6.45) is 3.22. The quantitative estimate of drug-likeness (QED) is 0.102. The molecule has 6 aliphatic rings. The van der Waals surface area contributed by atoms with Gasteiger partial charge in [-0.1, -0.05) is 115 Å². The van der Waals surface area contributed by atoms with Gasteiger partial charge < -0.3 is 56.3 Å². The molecule has 6 aliphatic heterocycles. The van der Waals surface area contributed by atoms with Crippen LogP contribution in [0.15, 0.2) is 36.5 Å². The molecular weight excluding hydrogens is 1130 g/mol. The Bertz CT molecular complexity index is 2210. The number of hydrogen-bond acceptors (Lipinski definition) is 14. The largest absolute Gasteiger partial charge is 0.458 e. The second-order valence-electron chi connectivity index (χ2n) is 32.2. The van der Waals surface area contributed by atoms with Crippen LogP contribution in [0.4, 0.5) is 0 Å². The summed E-state index contributed by atoms with van der Waals surface area (Å²) in [7, 11) is -7.84. The lowest BCUT2D eigenvalue weighted by atomic mass is 9.82. The lowest BCUT2D eigenvalue weighted by Gasteiger charge is -2.53. The Labute approximate surface area is 514 Å². The molecule has 17 atom stereocenters. The molecular formula is C66H122O14Si4. The zero-order valence-corrected chi connectivity index (χ0v) is 61.1. The molecule has 84 heavy (non-hydrogen) atoms. The fourth-order valence-electron chi connectivity index (χ4n) is 11.8. The maximum absolute atomic E-state index is 15.0. The molecule has 14 nitrogen and oxygen atoms in total. The number of rotatable bonds is 13. The van der Waals surface area contributed by atoms with Crippen LogP contribution in [0.5, 0.6) is 0 Å². The Morgan fingerprint density at radius 2 is 1.29 bits per heavy atom. The first-order valence-corrected chi connectivity index (χ1v) is 43.9. The Balaban J connectivity index is 1.56. The minimum absolute atomic E-state index is 0.0195. The maximum Gasteiger partial charge on any atom is 0.303 e. The molecule has 6 heterocycles. The van der Waals surface area contributed by atoms with Crippen LogP contribution in [-0.2, 0) is 55.7 Å². The summed E-state index contributed by atoms with van der Waals surface area (Å²) in [6.45, 7) is 57.5. The van der Waals surface area contributed by atoms with E-state index < -0.39 is 118 Å². The summed E-state index contributed by atoms with van der Waals surface area (Å²) in [6, 6.07) is 0. The van der Waals surface area contributed by atoms with Gasteiger partial charge in [-0.3, -0.25) is 9.59 Å². The van der Waals surface area contributed by atoms with E-state index in [0.717, 1.165) is 31.3 Å². The minimum atomic E-state index is -2.54. The summed E-state index contributed by atoms with van der Waals surface area (Å²) in [5.41, 5.74) is 1.73. The van der Waals surface area contributed by atoms with Crippen LogP contribution in [0.1, 0.15) is 180 Å². The van der Waals surface area contributed by atoms with Crippen molar-refractivity contribution in [2.75, 3.05) is 13.7 Å². The number of carbonyl (C=O) groups is 2. The molecule has 0 radical (unpaired) electrons. The third-order valence-electron chi connectivity index (χ3n) is 21.3. The third-order valence-corrected chi connectivity index (χ3v) is 39.3. The van der Waals surface area contributed by atoms with E-state index in [-0.39, 0.29) is 69.4 Å². The SMILES string of the molecule is C=C1CC2CCC/C=C/C(O[Si](C)(C)C(C)(C)C)C3O[C@H]4CCC(CC(=O)CC5[C@@H](OC)C(CC(CO[Si](C)(C)C(C)(C)C)O[Si](C)(C)C(C)(C)C)O[C@H]5CC(OC(C)=O)C(=C)C(C)CC(O)CCC1O2)OC4[C@H](O)C3O[Si](C)(C)C(C)(C)C. The van der Waals surface area contributed by atoms with Crippen molar-refractivity contribution in [3.8, 4) is 0 Å². The van der Waals surface area contributed by atoms with Crippen LogP contribution in [0.3, 0.4) is 0 Å². The highest BCUT2D eigenvalue weighted by Gasteiger charge is 2.56. The molecule has 486 valence electrons. The smallest absolute Gasteiger partial charge is 0.303 e. The van der Waals surface area contributed by atoms with E-state index in [0.29, 0.717) is 50.7 Å². The number of Topliss-reactive ketones (excluding diaryl/α,β-unsaturated/α-hetero) is 1. The summed E-state index contributed by atoms with van der Waals surface area (Å²) in [5, 5.41) is 24.1. The van der Waals surface area contributed by atoms with Gasteiger partial charge in [0.15, 0.2) is 33.3 Å². The second-order valence-corrected chi connectivity index (χ2v) is 51.3. The van der Waals surface area contributed by atoms with E-state index in [9.17, 15) is 19.8 Å². The van der Waals surface area contributed by atoms with Crippen LogP contribution in [0.25, 0.3) is 0 Å². The number of carbonyl (C=O) groups excluding carboxylic acids is 2. The van der Waals surface area contributed by atoms with Crippen molar-refractivity contribution >= 4 is 45.0 Å². The zero-order valence-electron chi connectivity index (χ0n) is 57.1. The first-order chi connectivity index (χ1) is 38.4. The van der Waals surface area contributed by atoms with E-state index in [2.05, 4.69) is 161 Å². The van der Waals surface area contributed by atoms with Crippen molar-refractivity contribution in [2.24, 2.45) is 11.8 Å². The molecule has 0 aromatic rings. The highest BCUT2D eigenvalue weighted by Crippen LogP contribution is 2.47. The molecule has 0 aromatic heterocycles. The molecule has 4 fully saturated rings. The average molecular weight is 1250 g/mol. The normalized spacial score (nSPS) is 34.7. The number of aliphatic hydroxyl groups excluding tert-OH is 2. The Morgan fingerprint density at radius 1 is 0.690 bits per heavy atom. The number of fused-ring (bicyclic) bond motifs is 15. The number of ketones is 1. The molecule has 6 bridgehead atoms. The molecule has 0 amide bonds. The molecule has 18 heteroatoms. The van der Waals surface area contributed by atoms with Gasteiger partial charge in [0.1, 0.15) is 36.3 Å². The van der Waals surface area contributed by atoms with E-state index in [1.807, 2.05) is 6.92 Å². The zero-order chi connectivity index (χ0) is 63.5. The van der Waals surface area contributed by atoms with Crippen molar-refractivity contribution in [1.29, 1.82) is 0 Å². The minimum Gasteiger partial charge on any atom is -0.458 e. The van der Waals surface area contributed by atoms with Crippen LogP contribution >= 0.6 is 0 Å². The van der Waals surface area contributed by atoms with Crippen molar-refractivity contribution < 1.29 is 65.9 Å². The highest BCUT2D eigenvalue weighted by molar-refractivity contribution is 6.75. The Hall–Kier alpha value is -1.21. The molecule has 13 unspecified atom stereocenters. The van der Waals surface area contributed by atoms with E-state index in [1.165, 1.54) is 6.92 Å². The maximum atomic E-state index is 15.0. The number of allylic oxidation sites excluding steroid dienone is 1. The van der Waals surface area contributed by atoms with Crippen molar-refractivity contribution in [2.45, 2.75) is 344 Å². The van der Waals surface area contributed by atoms with Gasteiger partial charge in [0.05, 0.1) is 67.6 Å². The first-order valence-electron chi connectivity index (χ1n) is 32.3. The first kappa shape index (κ1) is 73.5. The third kappa shape index (κ3) is 19.2. The topological polar surface area (TPSA) is 167 Å². The fourth-order valence-corrected chi connectivity index (χ4v) is 16.7. The number of aliphatic hydroxyl groups is 2. The molecule has 6 rings (SSSR count). The molecule has 4 saturated heterocycles. The highest BCUT2D eigenvalue weighted by atomic mass is 28.4. The summed E-state index contributed by atoms with van der Waals surface area (Å²) in [5.74, 6) is -1.15. The standard InChI is InChI=1S/C66H122O14Si4/c1-42-35-46(68)31-33-52-43(2)36-48(74-52)29-27-26-28-30-54(79-83(22,23)65(11,12)13)61-62(80-84(24,25)66(14,15)16)58(70)60-53(77-61)34-32-49(75-60)37-47(69)38-51-56(40-55(44(42)3)73-45(4)67)76-57(59(51)71-17)39-50(78-82(20,21)64(8,9)10)41-72-81(18,19)63(5,6)7/h28,30,42,46,48-62,68,70H,2-3,26-27,29,31-41H2,1,4-25H3/b30-28+/t42?,46?,48?,49?,50?,51?,52?,53-,54?,55?,56-,57?,58-,59+,60?,61?,62?/m0/s1. The summed E-state index contributed by atoms with van der Waals surface area (Å²) < 4.78 is 69.5. The van der Waals surface area contributed by atoms with Gasteiger partial charge in [-0.05, 0) is 147 Å². The number of esters is 1. The predicted octanol–water partition coefficient (Wildman–Crippen LogP) is 14.5. The molecule has 0 saturated carbocycles. The number of methoxy groups -OCH3 is 1.